The minimum atomic E-state index is -0.781. The molecular weight excluding hydrogens is 254 g/mol. The van der Waals surface area contributed by atoms with Crippen LogP contribution in [0.3, 0.4) is 0 Å². The number of hydrogen-bond acceptors (Lipinski definition) is 3. The Balaban J connectivity index is 2.82. The Morgan fingerprint density at radius 2 is 1.95 bits per heavy atom. The molecule has 0 radical (unpaired) electrons. The molecule has 0 fully saturated rings. The summed E-state index contributed by atoms with van der Waals surface area (Å²) in [6, 6.07) is 2.06. The number of hydrogen-bond donors (Lipinski definition) is 1. The first-order valence-corrected chi connectivity index (χ1v) is 5.92. The number of rotatable bonds is 6. The molecule has 0 bridgehead atoms. The molecule has 1 aromatic rings. The summed E-state index contributed by atoms with van der Waals surface area (Å²) < 4.78 is 32.0. The van der Waals surface area contributed by atoms with Crippen molar-refractivity contribution >= 4 is 11.6 Å². The quantitative estimate of drug-likeness (QED) is 0.806. The molecule has 0 atom stereocenters. The Morgan fingerprint density at radius 1 is 1.37 bits per heavy atom. The number of halogens is 2. The minimum absolute atomic E-state index is 0.00563. The van der Waals surface area contributed by atoms with Gasteiger partial charge in [0.25, 0.3) is 5.91 Å². The predicted octanol–water partition coefficient (Wildman–Crippen LogP) is 2.12. The fourth-order valence-electron chi connectivity index (χ4n) is 1.70. The molecule has 4 nitrogen and oxygen atoms in total. The second kappa shape index (κ2) is 7.04. The summed E-state index contributed by atoms with van der Waals surface area (Å²) in [6.45, 7) is 0.989. The molecule has 0 heterocycles. The van der Waals surface area contributed by atoms with Gasteiger partial charge in [-0.05, 0) is 18.6 Å². The van der Waals surface area contributed by atoms with Crippen molar-refractivity contribution in [3.8, 4) is 0 Å². The molecular formula is C13H18F2N2O2. The summed E-state index contributed by atoms with van der Waals surface area (Å²) in [6.07, 6.45) is 0.665. The number of nitrogens with one attached hydrogen (secondary N) is 1. The van der Waals surface area contributed by atoms with Gasteiger partial charge >= 0.3 is 0 Å². The molecule has 0 saturated heterocycles. The lowest BCUT2D eigenvalue weighted by Gasteiger charge is -2.17. The molecule has 0 aliphatic rings. The van der Waals surface area contributed by atoms with E-state index in [0.29, 0.717) is 19.6 Å². The summed E-state index contributed by atoms with van der Waals surface area (Å²) in [5.41, 5.74) is -0.243. The van der Waals surface area contributed by atoms with Crippen LogP contribution < -0.4 is 5.32 Å². The molecule has 0 unspecified atom stereocenters. The number of carbonyl (C=O) groups is 1. The monoisotopic (exact) mass is 272 g/mol. The van der Waals surface area contributed by atoms with Crippen LogP contribution in [0.25, 0.3) is 0 Å². The van der Waals surface area contributed by atoms with Gasteiger partial charge in [-0.15, -0.1) is 0 Å². The lowest BCUT2D eigenvalue weighted by molar-refractivity contribution is 0.0778. The third-order valence-electron chi connectivity index (χ3n) is 2.73. The average Bonchev–Trinajstić information content (AvgIpc) is 2.37. The molecule has 1 rings (SSSR count). The Labute approximate surface area is 111 Å². The summed E-state index contributed by atoms with van der Waals surface area (Å²) >= 11 is 0. The SMILES string of the molecule is CNc1c(F)cc(C(=O)N(C)CCCOC)cc1F. The van der Waals surface area contributed by atoms with Gasteiger partial charge < -0.3 is 15.0 Å². The van der Waals surface area contributed by atoms with Crippen molar-refractivity contribution in [3.05, 3.63) is 29.3 Å². The number of benzene rings is 1. The fourth-order valence-corrected chi connectivity index (χ4v) is 1.70. The number of ether oxygens (including phenoxy) is 1. The van der Waals surface area contributed by atoms with Gasteiger partial charge in [0.15, 0.2) is 0 Å². The summed E-state index contributed by atoms with van der Waals surface area (Å²) in [5, 5.41) is 2.41. The van der Waals surface area contributed by atoms with Crippen molar-refractivity contribution in [2.45, 2.75) is 6.42 Å². The van der Waals surface area contributed by atoms with Crippen LogP contribution in [0.15, 0.2) is 12.1 Å². The Kier molecular flexibility index (Phi) is 5.69. The maximum absolute atomic E-state index is 13.5. The third kappa shape index (κ3) is 3.89. The van der Waals surface area contributed by atoms with Crippen molar-refractivity contribution in [3.63, 3.8) is 0 Å². The lowest BCUT2D eigenvalue weighted by Crippen LogP contribution is -2.28. The number of nitrogens with zero attached hydrogens (tertiary/aromatic N) is 1. The van der Waals surface area contributed by atoms with Crippen LogP contribution in [0.4, 0.5) is 14.5 Å². The molecule has 1 N–H and O–H groups in total. The van der Waals surface area contributed by atoms with E-state index in [-0.39, 0.29) is 11.3 Å². The van der Waals surface area contributed by atoms with Crippen LogP contribution >= 0.6 is 0 Å². The second-order valence-electron chi connectivity index (χ2n) is 4.14. The topological polar surface area (TPSA) is 41.6 Å². The first kappa shape index (κ1) is 15.4. The first-order valence-electron chi connectivity index (χ1n) is 5.92. The molecule has 1 aromatic carbocycles. The van der Waals surface area contributed by atoms with E-state index >= 15 is 0 Å². The average molecular weight is 272 g/mol. The minimum Gasteiger partial charge on any atom is -0.385 e. The number of carbonyl (C=O) groups excluding carboxylic acids is 1. The van der Waals surface area contributed by atoms with Gasteiger partial charge in [-0.25, -0.2) is 8.78 Å². The van der Waals surface area contributed by atoms with Crippen LogP contribution in [0, 0.1) is 11.6 Å². The molecule has 0 aromatic heterocycles. The molecule has 19 heavy (non-hydrogen) atoms. The number of anilines is 1. The van der Waals surface area contributed by atoms with Crippen molar-refractivity contribution in [2.24, 2.45) is 0 Å². The van der Waals surface area contributed by atoms with E-state index < -0.39 is 17.5 Å². The van der Waals surface area contributed by atoms with Gasteiger partial charge in [0.2, 0.25) is 0 Å². The van der Waals surface area contributed by atoms with E-state index in [9.17, 15) is 13.6 Å². The summed E-state index contributed by atoms with van der Waals surface area (Å²) in [7, 11) is 4.57. The molecule has 0 aliphatic carbocycles. The maximum Gasteiger partial charge on any atom is 0.253 e. The molecule has 6 heteroatoms. The number of methoxy groups -OCH3 is 1. The maximum atomic E-state index is 13.5. The first-order chi connectivity index (χ1) is 9.01. The van der Waals surface area contributed by atoms with Gasteiger partial charge in [-0.1, -0.05) is 0 Å². The van der Waals surface area contributed by atoms with E-state index in [2.05, 4.69) is 5.32 Å². The highest BCUT2D eigenvalue weighted by Crippen LogP contribution is 2.20. The predicted molar refractivity (Wildman–Crippen MR) is 69.4 cm³/mol. The van der Waals surface area contributed by atoms with Crippen molar-refractivity contribution < 1.29 is 18.3 Å². The molecule has 0 aliphatic heterocycles. The molecule has 106 valence electrons. The smallest absolute Gasteiger partial charge is 0.253 e. The fraction of sp³-hybridized carbons (Fsp3) is 0.462. The Hall–Kier alpha value is -1.69. The zero-order valence-corrected chi connectivity index (χ0v) is 11.3. The van der Waals surface area contributed by atoms with E-state index in [4.69, 9.17) is 4.74 Å². The van der Waals surface area contributed by atoms with Gasteiger partial charge in [0, 0.05) is 39.9 Å². The molecule has 0 spiro atoms. The second-order valence-corrected chi connectivity index (χ2v) is 4.14. The van der Waals surface area contributed by atoms with E-state index in [1.807, 2.05) is 0 Å². The van der Waals surface area contributed by atoms with Gasteiger partial charge in [-0.2, -0.15) is 0 Å². The lowest BCUT2D eigenvalue weighted by atomic mass is 10.1. The zero-order valence-electron chi connectivity index (χ0n) is 11.3. The highest BCUT2D eigenvalue weighted by atomic mass is 19.1. The Morgan fingerprint density at radius 3 is 2.42 bits per heavy atom. The molecule has 1 amide bonds. The zero-order chi connectivity index (χ0) is 14.4. The third-order valence-corrected chi connectivity index (χ3v) is 2.73. The Bertz CT molecular complexity index is 429. The molecule has 0 saturated carbocycles. The van der Waals surface area contributed by atoms with Crippen LogP contribution in [-0.4, -0.2) is 45.2 Å². The van der Waals surface area contributed by atoms with E-state index in [1.165, 1.54) is 11.9 Å². The highest BCUT2D eigenvalue weighted by molar-refractivity contribution is 5.94. The number of amides is 1. The van der Waals surface area contributed by atoms with Gasteiger partial charge in [-0.3, -0.25) is 4.79 Å². The normalized spacial score (nSPS) is 10.4. The van der Waals surface area contributed by atoms with Crippen LogP contribution in [-0.2, 0) is 4.74 Å². The van der Waals surface area contributed by atoms with Crippen LogP contribution in [0.2, 0.25) is 0 Å². The van der Waals surface area contributed by atoms with Crippen molar-refractivity contribution in [2.75, 3.05) is 39.7 Å². The van der Waals surface area contributed by atoms with Crippen LogP contribution in [0.1, 0.15) is 16.8 Å². The highest BCUT2D eigenvalue weighted by Gasteiger charge is 2.17. The van der Waals surface area contributed by atoms with E-state index in [1.54, 1.807) is 14.2 Å². The van der Waals surface area contributed by atoms with Crippen LogP contribution in [0.5, 0.6) is 0 Å². The van der Waals surface area contributed by atoms with Gasteiger partial charge in [0.1, 0.15) is 17.3 Å². The largest absolute Gasteiger partial charge is 0.385 e. The standard InChI is InChI=1S/C13H18F2N2O2/c1-16-12-10(14)7-9(8-11(12)15)13(18)17(2)5-4-6-19-3/h7-8,16H,4-6H2,1-3H3. The summed E-state index contributed by atoms with van der Waals surface area (Å²) in [5.74, 6) is -1.98. The van der Waals surface area contributed by atoms with Crippen molar-refractivity contribution in [1.82, 2.24) is 4.90 Å². The van der Waals surface area contributed by atoms with E-state index in [0.717, 1.165) is 12.1 Å². The van der Waals surface area contributed by atoms with Gasteiger partial charge in [0.05, 0.1) is 0 Å². The van der Waals surface area contributed by atoms with Crippen molar-refractivity contribution in [1.29, 1.82) is 0 Å². The summed E-state index contributed by atoms with van der Waals surface area (Å²) in [4.78, 5) is 13.4.